The third-order valence-corrected chi connectivity index (χ3v) is 6.52. The van der Waals surface area contributed by atoms with E-state index in [2.05, 4.69) is 36.3 Å². The largest absolute Gasteiger partial charge is 0.493 e. The summed E-state index contributed by atoms with van der Waals surface area (Å²) in [5.74, 6) is 0.693. The number of aromatic nitrogens is 2. The zero-order valence-corrected chi connectivity index (χ0v) is 21.8. The molecule has 1 atom stereocenters. The highest BCUT2D eigenvalue weighted by molar-refractivity contribution is 9.10. The third-order valence-electron chi connectivity index (χ3n) is 5.99. The molecular weight excluding hydrogens is 532 g/mol. The van der Waals surface area contributed by atoms with E-state index in [0.717, 1.165) is 29.4 Å². The van der Waals surface area contributed by atoms with E-state index in [0.29, 0.717) is 42.0 Å². The Hall–Kier alpha value is -3.44. The van der Waals surface area contributed by atoms with Gasteiger partial charge in [0.15, 0.2) is 11.5 Å². The van der Waals surface area contributed by atoms with Crippen molar-refractivity contribution in [2.45, 2.75) is 19.4 Å². The molecule has 1 unspecified atom stereocenters. The van der Waals surface area contributed by atoms with Crippen LogP contribution in [0.15, 0.2) is 45.4 Å². The number of likely N-dealkylation sites (tertiary alicyclic amines) is 1. The van der Waals surface area contributed by atoms with Crippen LogP contribution in [0.3, 0.4) is 0 Å². The monoisotopic (exact) mass is 558 g/mol. The fraction of sp³-hybridized carbons (Fsp3) is 0.360. The number of carbonyl (C=O) groups excluding carboxylic acids is 2. The number of ether oxygens (including phenoxy) is 3. The molecule has 2 heterocycles. The smallest absolute Gasteiger partial charge is 0.340 e. The normalized spacial score (nSPS) is 15.8. The van der Waals surface area contributed by atoms with Crippen molar-refractivity contribution in [3.63, 3.8) is 0 Å². The maximum atomic E-state index is 13.2. The summed E-state index contributed by atoms with van der Waals surface area (Å²) in [7, 11) is 4.24. The van der Waals surface area contributed by atoms with Crippen LogP contribution in [0.5, 0.6) is 11.5 Å². The lowest BCUT2D eigenvalue weighted by atomic mass is 9.96. The zero-order chi connectivity index (χ0) is 25.7. The van der Waals surface area contributed by atoms with E-state index in [1.165, 1.54) is 27.4 Å². The SMILES string of the molecule is COC(=O)c1cc(OC)c(OC)cc1NC(=O)C1CCCN(Cc2nc(-c3ccc(Br)cc3)no2)C1. The number of halogens is 1. The summed E-state index contributed by atoms with van der Waals surface area (Å²) in [4.78, 5) is 32.1. The zero-order valence-electron chi connectivity index (χ0n) is 20.2. The molecule has 1 saturated heterocycles. The Labute approximate surface area is 217 Å². The summed E-state index contributed by atoms with van der Waals surface area (Å²) < 4.78 is 21.9. The van der Waals surface area contributed by atoms with E-state index in [9.17, 15) is 9.59 Å². The highest BCUT2D eigenvalue weighted by atomic mass is 79.9. The first-order valence-corrected chi connectivity index (χ1v) is 12.2. The van der Waals surface area contributed by atoms with Gasteiger partial charge >= 0.3 is 5.97 Å². The second-order valence-electron chi connectivity index (χ2n) is 8.33. The highest BCUT2D eigenvalue weighted by Gasteiger charge is 2.28. The number of hydrogen-bond acceptors (Lipinski definition) is 9. The lowest BCUT2D eigenvalue weighted by Crippen LogP contribution is -2.40. The van der Waals surface area contributed by atoms with Gasteiger partial charge in [-0.2, -0.15) is 4.98 Å². The Morgan fingerprint density at radius 2 is 1.86 bits per heavy atom. The van der Waals surface area contributed by atoms with Crippen molar-refractivity contribution in [2.24, 2.45) is 5.92 Å². The highest BCUT2D eigenvalue weighted by Crippen LogP contribution is 2.34. The molecule has 3 aromatic rings. The van der Waals surface area contributed by atoms with Crippen molar-refractivity contribution in [3.05, 3.63) is 52.3 Å². The van der Waals surface area contributed by atoms with Gasteiger partial charge in [0.1, 0.15) is 0 Å². The van der Waals surface area contributed by atoms with Gasteiger partial charge in [0.25, 0.3) is 0 Å². The second kappa shape index (κ2) is 11.5. The minimum Gasteiger partial charge on any atom is -0.493 e. The molecule has 0 saturated carbocycles. The van der Waals surface area contributed by atoms with Crippen LogP contribution < -0.4 is 14.8 Å². The summed E-state index contributed by atoms with van der Waals surface area (Å²) in [6.45, 7) is 1.77. The molecule has 1 aliphatic rings. The van der Waals surface area contributed by atoms with Crippen molar-refractivity contribution in [1.82, 2.24) is 15.0 Å². The summed E-state index contributed by atoms with van der Waals surface area (Å²) in [5, 5.41) is 6.96. The molecule has 0 bridgehead atoms. The number of carbonyl (C=O) groups is 2. The molecule has 1 amide bonds. The Kier molecular flexibility index (Phi) is 8.21. The van der Waals surface area contributed by atoms with Crippen LogP contribution in [-0.2, 0) is 16.1 Å². The lowest BCUT2D eigenvalue weighted by molar-refractivity contribution is -0.121. The van der Waals surface area contributed by atoms with Crippen LogP contribution in [0.2, 0.25) is 0 Å². The summed E-state index contributed by atoms with van der Waals surface area (Å²) >= 11 is 3.42. The average Bonchev–Trinajstić information content (AvgIpc) is 3.36. The number of methoxy groups -OCH3 is 3. The summed E-state index contributed by atoms with van der Waals surface area (Å²) in [6, 6.07) is 10.7. The van der Waals surface area contributed by atoms with Crippen LogP contribution in [0.4, 0.5) is 5.69 Å². The molecule has 0 spiro atoms. The van der Waals surface area contributed by atoms with Crippen molar-refractivity contribution in [3.8, 4) is 22.9 Å². The minimum absolute atomic E-state index is 0.183. The topological polar surface area (TPSA) is 116 Å². The van der Waals surface area contributed by atoms with Crippen LogP contribution >= 0.6 is 15.9 Å². The molecule has 36 heavy (non-hydrogen) atoms. The fourth-order valence-corrected chi connectivity index (χ4v) is 4.40. The molecule has 1 aromatic heterocycles. The first-order valence-electron chi connectivity index (χ1n) is 11.4. The van der Waals surface area contributed by atoms with E-state index >= 15 is 0 Å². The number of esters is 1. The molecule has 10 nitrogen and oxygen atoms in total. The van der Waals surface area contributed by atoms with Crippen molar-refractivity contribution in [2.75, 3.05) is 39.7 Å². The van der Waals surface area contributed by atoms with E-state index in [1.54, 1.807) is 6.07 Å². The number of nitrogens with zero attached hydrogens (tertiary/aromatic N) is 3. The third kappa shape index (κ3) is 5.85. The number of piperidine rings is 1. The lowest BCUT2D eigenvalue weighted by Gasteiger charge is -2.31. The molecule has 1 fully saturated rings. The molecule has 1 aliphatic heterocycles. The van der Waals surface area contributed by atoms with E-state index < -0.39 is 5.97 Å². The van der Waals surface area contributed by atoms with Gasteiger partial charge in [-0.1, -0.05) is 21.1 Å². The second-order valence-corrected chi connectivity index (χ2v) is 9.24. The number of nitrogens with one attached hydrogen (secondary N) is 1. The number of anilines is 1. The average molecular weight is 559 g/mol. The maximum absolute atomic E-state index is 13.2. The van der Waals surface area contributed by atoms with Gasteiger partial charge in [-0.3, -0.25) is 9.69 Å². The maximum Gasteiger partial charge on any atom is 0.340 e. The predicted octanol–water partition coefficient (Wildman–Crippen LogP) is 4.15. The van der Waals surface area contributed by atoms with Gasteiger partial charge < -0.3 is 24.1 Å². The molecule has 2 aromatic carbocycles. The van der Waals surface area contributed by atoms with Crippen molar-refractivity contribution < 1.29 is 28.3 Å². The number of rotatable bonds is 8. The van der Waals surface area contributed by atoms with Crippen LogP contribution in [0, 0.1) is 5.92 Å². The van der Waals surface area contributed by atoms with Gasteiger partial charge in [-0.25, -0.2) is 4.79 Å². The molecule has 0 radical (unpaired) electrons. The molecule has 190 valence electrons. The Morgan fingerprint density at radius 3 is 2.56 bits per heavy atom. The fourth-order valence-electron chi connectivity index (χ4n) is 4.14. The molecule has 1 N–H and O–H groups in total. The van der Waals surface area contributed by atoms with Gasteiger partial charge in [0.05, 0.1) is 45.0 Å². The first-order chi connectivity index (χ1) is 17.4. The Balaban J connectivity index is 1.44. The van der Waals surface area contributed by atoms with Crippen LogP contribution in [0.1, 0.15) is 29.1 Å². The van der Waals surface area contributed by atoms with Crippen LogP contribution in [0.25, 0.3) is 11.4 Å². The van der Waals surface area contributed by atoms with Crippen molar-refractivity contribution >= 4 is 33.5 Å². The molecular formula is C25H27BrN4O6. The number of hydrogen-bond donors (Lipinski definition) is 1. The van der Waals surface area contributed by atoms with E-state index in [-0.39, 0.29) is 17.4 Å². The summed E-state index contributed by atoms with van der Waals surface area (Å²) in [5.41, 5.74) is 1.35. The quantitative estimate of drug-likeness (QED) is 0.407. The predicted molar refractivity (Wildman–Crippen MR) is 135 cm³/mol. The standard InChI is InChI=1S/C25H27BrN4O6/c1-33-20-11-18(25(32)35-3)19(12-21(20)34-2)27-24(31)16-5-4-10-30(13-16)14-22-28-23(29-36-22)15-6-8-17(26)9-7-15/h6-9,11-12,16H,4-5,10,13-14H2,1-3H3,(H,27,31). The van der Waals surface area contributed by atoms with E-state index in [4.69, 9.17) is 18.7 Å². The molecule has 0 aliphatic carbocycles. The molecule has 11 heteroatoms. The van der Waals surface area contributed by atoms with Gasteiger partial charge in [0, 0.05) is 28.7 Å². The van der Waals surface area contributed by atoms with Crippen molar-refractivity contribution in [1.29, 1.82) is 0 Å². The van der Waals surface area contributed by atoms with Gasteiger partial charge in [-0.15, -0.1) is 0 Å². The minimum atomic E-state index is -0.588. The Morgan fingerprint density at radius 1 is 1.14 bits per heavy atom. The summed E-state index contributed by atoms with van der Waals surface area (Å²) in [6.07, 6.45) is 1.55. The molecule has 4 rings (SSSR count). The van der Waals surface area contributed by atoms with Gasteiger partial charge in [-0.05, 0) is 43.7 Å². The number of benzene rings is 2. The van der Waals surface area contributed by atoms with E-state index in [1.807, 2.05) is 24.3 Å². The first kappa shape index (κ1) is 25.6. The van der Waals surface area contributed by atoms with Gasteiger partial charge in [0.2, 0.25) is 17.6 Å². The Bertz CT molecular complexity index is 1230. The van der Waals surface area contributed by atoms with Crippen LogP contribution in [-0.4, -0.2) is 61.3 Å². The number of amides is 1.